The molecule has 0 bridgehead atoms. The van der Waals surface area contributed by atoms with Crippen LogP contribution in [0, 0.1) is 0 Å². The van der Waals surface area contributed by atoms with Gasteiger partial charge in [0.15, 0.2) is 0 Å². The van der Waals surface area contributed by atoms with E-state index in [1.54, 1.807) is 7.11 Å². The predicted molar refractivity (Wildman–Crippen MR) is 94.6 cm³/mol. The number of methoxy groups -OCH3 is 1. The van der Waals surface area contributed by atoms with E-state index in [0.717, 1.165) is 24.4 Å². The molecule has 118 valence electrons. The van der Waals surface area contributed by atoms with Gasteiger partial charge in [-0.3, -0.25) is 4.90 Å². The number of rotatable bonds is 6. The summed E-state index contributed by atoms with van der Waals surface area (Å²) in [7, 11) is 3.79. The highest BCUT2D eigenvalue weighted by atomic mass is 16.5. The number of nitrogens with zero attached hydrogens (tertiary/aromatic N) is 1. The minimum Gasteiger partial charge on any atom is -0.497 e. The lowest BCUT2D eigenvalue weighted by atomic mass is 10.1. The number of likely N-dealkylation sites (N-methyl/N-ethyl adjacent to an activating group) is 1. The largest absolute Gasteiger partial charge is 0.497 e. The summed E-state index contributed by atoms with van der Waals surface area (Å²) >= 11 is 0. The molecule has 0 atom stereocenters. The lowest BCUT2D eigenvalue weighted by Crippen LogP contribution is -2.17. The maximum atomic E-state index is 5.59. The SMILES string of the molecule is COc1ccc(/C=C/CN(C)Cc2coc3ccccc23)cc1. The Morgan fingerprint density at radius 1 is 1.09 bits per heavy atom. The molecule has 0 fully saturated rings. The first-order valence-corrected chi connectivity index (χ1v) is 7.70. The molecule has 3 nitrogen and oxygen atoms in total. The Kier molecular flexibility index (Phi) is 4.79. The molecule has 23 heavy (non-hydrogen) atoms. The summed E-state index contributed by atoms with van der Waals surface area (Å²) in [6, 6.07) is 16.2. The van der Waals surface area contributed by atoms with Crippen LogP contribution in [0.15, 0.2) is 65.3 Å². The van der Waals surface area contributed by atoms with Gasteiger partial charge in [-0.25, -0.2) is 0 Å². The van der Waals surface area contributed by atoms with Gasteiger partial charge in [-0.2, -0.15) is 0 Å². The Hall–Kier alpha value is -2.52. The molecule has 0 spiro atoms. The second-order valence-corrected chi connectivity index (χ2v) is 5.63. The van der Waals surface area contributed by atoms with Crippen molar-refractivity contribution >= 4 is 17.0 Å². The molecule has 1 heterocycles. The number of ether oxygens (including phenoxy) is 1. The van der Waals surface area contributed by atoms with Crippen LogP contribution in [-0.2, 0) is 6.54 Å². The highest BCUT2D eigenvalue weighted by Crippen LogP contribution is 2.21. The van der Waals surface area contributed by atoms with Crippen molar-refractivity contribution in [3.63, 3.8) is 0 Å². The van der Waals surface area contributed by atoms with E-state index >= 15 is 0 Å². The van der Waals surface area contributed by atoms with Crippen molar-refractivity contribution in [3.8, 4) is 5.75 Å². The highest BCUT2D eigenvalue weighted by Gasteiger charge is 2.06. The van der Waals surface area contributed by atoms with Gasteiger partial charge in [0.1, 0.15) is 11.3 Å². The molecule has 0 N–H and O–H groups in total. The van der Waals surface area contributed by atoms with E-state index in [9.17, 15) is 0 Å². The van der Waals surface area contributed by atoms with Crippen LogP contribution in [0.3, 0.4) is 0 Å². The van der Waals surface area contributed by atoms with Gasteiger partial charge in [0, 0.05) is 24.0 Å². The first-order valence-electron chi connectivity index (χ1n) is 7.70. The van der Waals surface area contributed by atoms with E-state index in [2.05, 4.69) is 42.3 Å². The van der Waals surface area contributed by atoms with Crippen LogP contribution < -0.4 is 4.74 Å². The number of para-hydroxylation sites is 1. The molecule has 0 aliphatic carbocycles. The minimum absolute atomic E-state index is 0.865. The molecule has 3 aromatic rings. The highest BCUT2D eigenvalue weighted by molar-refractivity contribution is 5.80. The predicted octanol–water partition coefficient (Wildman–Crippen LogP) is 4.59. The number of hydrogen-bond donors (Lipinski definition) is 0. The molecule has 0 saturated carbocycles. The van der Waals surface area contributed by atoms with Gasteiger partial charge in [0.25, 0.3) is 0 Å². The summed E-state index contributed by atoms with van der Waals surface area (Å²) in [4.78, 5) is 2.26. The van der Waals surface area contributed by atoms with Crippen LogP contribution in [0.5, 0.6) is 5.75 Å². The van der Waals surface area contributed by atoms with Crippen molar-refractivity contribution < 1.29 is 9.15 Å². The van der Waals surface area contributed by atoms with Gasteiger partial charge >= 0.3 is 0 Å². The van der Waals surface area contributed by atoms with Crippen molar-refractivity contribution in [2.75, 3.05) is 20.7 Å². The zero-order chi connectivity index (χ0) is 16.1. The molecule has 0 aliphatic heterocycles. The van der Waals surface area contributed by atoms with Crippen molar-refractivity contribution in [2.45, 2.75) is 6.54 Å². The average Bonchev–Trinajstić information content (AvgIpc) is 2.99. The molecule has 0 aliphatic rings. The van der Waals surface area contributed by atoms with Crippen molar-refractivity contribution in [3.05, 3.63) is 72.0 Å². The maximum absolute atomic E-state index is 5.59. The lowest BCUT2D eigenvalue weighted by molar-refractivity contribution is 0.363. The molecule has 0 unspecified atom stereocenters. The minimum atomic E-state index is 0.865. The number of benzene rings is 2. The Bertz CT molecular complexity index is 787. The third-order valence-corrected chi connectivity index (χ3v) is 3.84. The van der Waals surface area contributed by atoms with Crippen LogP contribution in [0.1, 0.15) is 11.1 Å². The van der Waals surface area contributed by atoms with E-state index in [0.29, 0.717) is 0 Å². The van der Waals surface area contributed by atoms with Gasteiger partial charge in [-0.15, -0.1) is 0 Å². The Labute approximate surface area is 136 Å². The summed E-state index contributed by atoms with van der Waals surface area (Å²) in [5.41, 5.74) is 3.35. The molecule has 0 radical (unpaired) electrons. The van der Waals surface area contributed by atoms with E-state index in [4.69, 9.17) is 9.15 Å². The fourth-order valence-corrected chi connectivity index (χ4v) is 2.59. The van der Waals surface area contributed by atoms with Gasteiger partial charge in [0.05, 0.1) is 13.4 Å². The second-order valence-electron chi connectivity index (χ2n) is 5.63. The summed E-state index contributed by atoms with van der Waals surface area (Å²) in [6.45, 7) is 1.75. The van der Waals surface area contributed by atoms with Gasteiger partial charge in [-0.1, -0.05) is 42.5 Å². The van der Waals surface area contributed by atoms with Crippen LogP contribution >= 0.6 is 0 Å². The lowest BCUT2D eigenvalue weighted by Gasteiger charge is -2.13. The number of fused-ring (bicyclic) bond motifs is 1. The topological polar surface area (TPSA) is 25.6 Å². The van der Waals surface area contributed by atoms with Crippen LogP contribution in [0.4, 0.5) is 0 Å². The van der Waals surface area contributed by atoms with E-state index in [1.807, 2.05) is 36.6 Å². The van der Waals surface area contributed by atoms with Crippen LogP contribution in [0.2, 0.25) is 0 Å². The molecule has 3 heteroatoms. The third kappa shape index (κ3) is 3.82. The fourth-order valence-electron chi connectivity index (χ4n) is 2.59. The molecule has 0 saturated heterocycles. The van der Waals surface area contributed by atoms with Crippen molar-refractivity contribution in [1.82, 2.24) is 4.90 Å². The Morgan fingerprint density at radius 3 is 2.65 bits per heavy atom. The second kappa shape index (κ2) is 7.16. The third-order valence-electron chi connectivity index (χ3n) is 3.84. The zero-order valence-electron chi connectivity index (χ0n) is 13.5. The Balaban J connectivity index is 1.58. The van der Waals surface area contributed by atoms with Crippen LogP contribution in [-0.4, -0.2) is 25.6 Å². The first kappa shape index (κ1) is 15.4. The number of hydrogen-bond acceptors (Lipinski definition) is 3. The van der Waals surface area contributed by atoms with Crippen molar-refractivity contribution in [1.29, 1.82) is 0 Å². The monoisotopic (exact) mass is 307 g/mol. The van der Waals surface area contributed by atoms with Gasteiger partial charge < -0.3 is 9.15 Å². The standard InChI is InChI=1S/C20H21NO2/c1-21(13-5-6-16-9-11-18(22-2)12-10-16)14-17-15-23-20-8-4-3-7-19(17)20/h3-12,15H,13-14H2,1-2H3/b6-5+. The molecule has 0 amide bonds. The maximum Gasteiger partial charge on any atom is 0.134 e. The number of furan rings is 1. The van der Waals surface area contributed by atoms with E-state index < -0.39 is 0 Å². The first-order chi connectivity index (χ1) is 11.3. The molecular formula is C20H21NO2. The summed E-state index contributed by atoms with van der Waals surface area (Å²) < 4.78 is 10.8. The smallest absolute Gasteiger partial charge is 0.134 e. The molecule has 3 rings (SSSR count). The average molecular weight is 307 g/mol. The van der Waals surface area contributed by atoms with Crippen LogP contribution in [0.25, 0.3) is 17.0 Å². The zero-order valence-corrected chi connectivity index (χ0v) is 13.5. The molecule has 1 aromatic heterocycles. The van der Waals surface area contributed by atoms with Crippen molar-refractivity contribution in [2.24, 2.45) is 0 Å². The molecular weight excluding hydrogens is 286 g/mol. The summed E-state index contributed by atoms with van der Waals surface area (Å²) in [5, 5.41) is 1.19. The fraction of sp³-hybridized carbons (Fsp3) is 0.200. The van der Waals surface area contributed by atoms with E-state index in [1.165, 1.54) is 16.5 Å². The van der Waals surface area contributed by atoms with Gasteiger partial charge in [0.2, 0.25) is 0 Å². The molecule has 2 aromatic carbocycles. The quantitative estimate of drug-likeness (QED) is 0.666. The summed E-state index contributed by atoms with van der Waals surface area (Å²) in [5.74, 6) is 0.881. The Morgan fingerprint density at radius 2 is 1.87 bits per heavy atom. The van der Waals surface area contributed by atoms with Gasteiger partial charge in [-0.05, 0) is 30.8 Å². The van der Waals surface area contributed by atoms with E-state index in [-0.39, 0.29) is 0 Å². The normalized spacial score (nSPS) is 11.6. The summed E-state index contributed by atoms with van der Waals surface area (Å²) in [6.07, 6.45) is 6.15.